The molecule has 2 aromatic carbocycles. The lowest BCUT2D eigenvalue weighted by atomic mass is 10.1. The lowest BCUT2D eigenvalue weighted by molar-refractivity contribution is 0.0986. The first-order valence-corrected chi connectivity index (χ1v) is 9.67. The summed E-state index contributed by atoms with van der Waals surface area (Å²) >= 11 is 1.57. The van der Waals surface area contributed by atoms with Gasteiger partial charge in [-0.2, -0.15) is 0 Å². The first-order valence-electron chi connectivity index (χ1n) is 8.85. The highest BCUT2D eigenvalue weighted by atomic mass is 35.5. The van der Waals surface area contributed by atoms with E-state index in [9.17, 15) is 4.79 Å². The summed E-state index contributed by atoms with van der Waals surface area (Å²) in [5.41, 5.74) is 3.99. The molecule has 6 heteroatoms. The zero-order valence-corrected chi connectivity index (χ0v) is 17.9. The van der Waals surface area contributed by atoms with Crippen molar-refractivity contribution in [2.24, 2.45) is 0 Å². The number of thiazole rings is 1. The van der Waals surface area contributed by atoms with Crippen LogP contribution < -0.4 is 4.90 Å². The van der Waals surface area contributed by atoms with Gasteiger partial charge >= 0.3 is 0 Å². The number of benzene rings is 2. The summed E-state index contributed by atoms with van der Waals surface area (Å²) in [6, 6.07) is 13.9. The van der Waals surface area contributed by atoms with Gasteiger partial charge in [-0.15, -0.1) is 12.4 Å². The number of hydrogen-bond donors (Lipinski definition) is 0. The minimum atomic E-state index is 0. The Labute approximate surface area is 171 Å². The van der Waals surface area contributed by atoms with Gasteiger partial charge in [0.1, 0.15) is 0 Å². The number of para-hydroxylation sites is 1. The zero-order valence-electron chi connectivity index (χ0n) is 16.2. The average molecular weight is 404 g/mol. The van der Waals surface area contributed by atoms with E-state index in [-0.39, 0.29) is 18.3 Å². The van der Waals surface area contributed by atoms with E-state index in [1.54, 1.807) is 11.3 Å². The molecule has 1 amide bonds. The number of anilines is 1. The molecule has 1 heterocycles. The highest BCUT2D eigenvalue weighted by Crippen LogP contribution is 2.30. The van der Waals surface area contributed by atoms with Crippen LogP contribution in [0, 0.1) is 13.8 Å². The normalized spacial score (nSPS) is 10.9. The molecular weight excluding hydrogens is 378 g/mol. The highest BCUT2D eigenvalue weighted by molar-refractivity contribution is 7.22. The zero-order chi connectivity index (χ0) is 18.7. The quantitative estimate of drug-likeness (QED) is 0.585. The summed E-state index contributed by atoms with van der Waals surface area (Å²) in [6.45, 7) is 5.69. The second-order valence-corrected chi connectivity index (χ2v) is 7.89. The maximum absolute atomic E-state index is 13.2. The van der Waals surface area contributed by atoms with Crippen LogP contribution in [0.25, 0.3) is 10.2 Å². The van der Waals surface area contributed by atoms with Crippen molar-refractivity contribution in [3.8, 4) is 0 Å². The molecule has 3 aromatic rings. The van der Waals surface area contributed by atoms with Crippen LogP contribution in [0.3, 0.4) is 0 Å². The van der Waals surface area contributed by atoms with Crippen LogP contribution in [0.2, 0.25) is 0 Å². The minimum Gasteiger partial charge on any atom is -0.309 e. The fraction of sp³-hybridized carbons (Fsp3) is 0.333. The summed E-state index contributed by atoms with van der Waals surface area (Å²) < 4.78 is 1.10. The molecule has 0 saturated carbocycles. The van der Waals surface area contributed by atoms with Gasteiger partial charge in [-0.05, 0) is 76.3 Å². The van der Waals surface area contributed by atoms with E-state index in [1.807, 2.05) is 62.3 Å². The Bertz CT molecular complexity index is 890. The van der Waals surface area contributed by atoms with Gasteiger partial charge in [0, 0.05) is 12.1 Å². The number of rotatable bonds is 6. The summed E-state index contributed by atoms with van der Waals surface area (Å²) in [6.07, 6.45) is 0.902. The van der Waals surface area contributed by atoms with Gasteiger partial charge < -0.3 is 4.90 Å². The van der Waals surface area contributed by atoms with Crippen molar-refractivity contribution in [1.82, 2.24) is 9.88 Å². The van der Waals surface area contributed by atoms with Crippen molar-refractivity contribution in [3.63, 3.8) is 0 Å². The molecule has 0 atom stereocenters. The number of halogens is 1. The van der Waals surface area contributed by atoms with E-state index in [1.165, 1.54) is 5.56 Å². The fourth-order valence-electron chi connectivity index (χ4n) is 2.83. The molecule has 0 aliphatic carbocycles. The summed E-state index contributed by atoms with van der Waals surface area (Å²) in [5, 5.41) is 0.771. The lowest BCUT2D eigenvalue weighted by Crippen LogP contribution is -2.33. The van der Waals surface area contributed by atoms with Crippen LogP contribution in [-0.4, -0.2) is 43.0 Å². The van der Waals surface area contributed by atoms with Gasteiger partial charge in [0.05, 0.1) is 10.2 Å². The Kier molecular flexibility index (Phi) is 7.36. The number of carbonyl (C=O) groups is 1. The molecule has 27 heavy (non-hydrogen) atoms. The number of aromatic nitrogens is 1. The van der Waals surface area contributed by atoms with Crippen LogP contribution >= 0.6 is 23.7 Å². The largest absolute Gasteiger partial charge is 0.309 e. The van der Waals surface area contributed by atoms with Crippen molar-refractivity contribution in [3.05, 3.63) is 59.2 Å². The van der Waals surface area contributed by atoms with Crippen molar-refractivity contribution >= 4 is 45.0 Å². The smallest absolute Gasteiger partial charge is 0.260 e. The molecule has 0 radical (unpaired) electrons. The Morgan fingerprint density at radius 3 is 2.44 bits per heavy atom. The molecule has 0 bridgehead atoms. The van der Waals surface area contributed by atoms with Gasteiger partial charge in [-0.25, -0.2) is 4.98 Å². The molecule has 0 aliphatic rings. The Hall–Kier alpha value is -1.95. The van der Waals surface area contributed by atoms with Gasteiger partial charge in [0.25, 0.3) is 5.91 Å². The average Bonchev–Trinajstić information content (AvgIpc) is 3.04. The molecule has 0 fully saturated rings. The van der Waals surface area contributed by atoms with E-state index in [2.05, 4.69) is 17.9 Å². The fourth-order valence-corrected chi connectivity index (χ4v) is 3.82. The van der Waals surface area contributed by atoms with Crippen molar-refractivity contribution in [2.75, 3.05) is 32.1 Å². The first kappa shape index (κ1) is 21.4. The summed E-state index contributed by atoms with van der Waals surface area (Å²) in [4.78, 5) is 21.9. The maximum atomic E-state index is 13.2. The molecule has 0 unspecified atom stereocenters. The Balaban J connectivity index is 0.00000261. The standard InChI is InChI=1S/C21H25N3OS.ClH/c1-15-10-11-17(14-16(15)2)20(25)24(13-7-12-23(3)4)21-22-18-8-5-6-9-19(18)26-21;/h5-6,8-11,14H,7,12-13H2,1-4H3;1H. The predicted molar refractivity (Wildman–Crippen MR) is 118 cm³/mol. The highest BCUT2D eigenvalue weighted by Gasteiger charge is 2.21. The monoisotopic (exact) mass is 403 g/mol. The van der Waals surface area contributed by atoms with Crippen LogP contribution in [0.4, 0.5) is 5.13 Å². The molecule has 0 saturated heterocycles. The number of fused-ring (bicyclic) bond motifs is 1. The number of hydrogen-bond acceptors (Lipinski definition) is 4. The number of aryl methyl sites for hydroxylation is 2. The van der Waals surface area contributed by atoms with E-state index >= 15 is 0 Å². The third-order valence-corrected chi connectivity index (χ3v) is 5.56. The minimum absolute atomic E-state index is 0. The van der Waals surface area contributed by atoms with E-state index in [4.69, 9.17) is 4.98 Å². The maximum Gasteiger partial charge on any atom is 0.260 e. The molecule has 144 valence electrons. The van der Waals surface area contributed by atoms with E-state index < -0.39 is 0 Å². The molecule has 0 N–H and O–H groups in total. The molecule has 3 rings (SSSR count). The molecule has 1 aromatic heterocycles. The van der Waals surface area contributed by atoms with Crippen LogP contribution in [0.15, 0.2) is 42.5 Å². The summed E-state index contributed by atoms with van der Waals surface area (Å²) in [7, 11) is 4.10. The second-order valence-electron chi connectivity index (χ2n) is 6.88. The molecule has 0 aliphatic heterocycles. The first-order chi connectivity index (χ1) is 12.5. The third-order valence-electron chi connectivity index (χ3n) is 4.50. The predicted octanol–water partition coefficient (Wildman–Crippen LogP) is 4.93. The Morgan fingerprint density at radius 2 is 1.78 bits per heavy atom. The number of amides is 1. The van der Waals surface area contributed by atoms with Crippen LogP contribution in [0.1, 0.15) is 27.9 Å². The van der Waals surface area contributed by atoms with E-state index in [0.29, 0.717) is 6.54 Å². The molecule has 0 spiro atoms. The van der Waals surface area contributed by atoms with Gasteiger partial charge in [-0.3, -0.25) is 9.69 Å². The molecule has 4 nitrogen and oxygen atoms in total. The van der Waals surface area contributed by atoms with Crippen LogP contribution in [-0.2, 0) is 0 Å². The van der Waals surface area contributed by atoms with E-state index in [0.717, 1.165) is 39.4 Å². The lowest BCUT2D eigenvalue weighted by Gasteiger charge is -2.21. The molecular formula is C21H26ClN3OS. The topological polar surface area (TPSA) is 36.4 Å². The summed E-state index contributed by atoms with van der Waals surface area (Å²) in [5.74, 6) is 0.0194. The SMILES string of the molecule is Cc1ccc(C(=O)N(CCCN(C)C)c2nc3ccccc3s2)cc1C.Cl. The van der Waals surface area contributed by atoms with Gasteiger partial charge in [0.2, 0.25) is 0 Å². The van der Waals surface area contributed by atoms with Crippen molar-refractivity contribution < 1.29 is 4.79 Å². The Morgan fingerprint density at radius 1 is 1.04 bits per heavy atom. The van der Waals surface area contributed by atoms with Gasteiger partial charge in [0.15, 0.2) is 5.13 Å². The number of carbonyl (C=O) groups excluding carboxylic acids is 1. The third kappa shape index (κ3) is 5.06. The van der Waals surface area contributed by atoms with Crippen molar-refractivity contribution in [1.29, 1.82) is 0 Å². The van der Waals surface area contributed by atoms with Crippen molar-refractivity contribution in [2.45, 2.75) is 20.3 Å². The van der Waals surface area contributed by atoms with Crippen LogP contribution in [0.5, 0.6) is 0 Å². The second kappa shape index (κ2) is 9.31. The van der Waals surface area contributed by atoms with Gasteiger partial charge in [-0.1, -0.05) is 29.5 Å². The number of nitrogens with zero attached hydrogens (tertiary/aromatic N) is 3.